The molecular weight excluding hydrogens is 270 g/mol. The van der Waals surface area contributed by atoms with Crippen LogP contribution in [0.25, 0.3) is 0 Å². The van der Waals surface area contributed by atoms with Gasteiger partial charge in [0.05, 0.1) is 11.1 Å². The first kappa shape index (κ1) is 13.4. The SMILES string of the molecule is CN(Cc1cnn(C)c1)C(=O)c1cc2c(s1)CCCC2. The smallest absolute Gasteiger partial charge is 0.263 e. The van der Waals surface area contributed by atoms with Gasteiger partial charge in [-0.3, -0.25) is 9.48 Å². The van der Waals surface area contributed by atoms with Crippen molar-refractivity contribution in [1.82, 2.24) is 14.7 Å². The van der Waals surface area contributed by atoms with Gasteiger partial charge in [0.25, 0.3) is 5.91 Å². The zero-order valence-electron chi connectivity index (χ0n) is 11.9. The number of nitrogens with zero attached hydrogens (tertiary/aromatic N) is 3. The molecule has 3 rings (SSSR count). The van der Waals surface area contributed by atoms with Crippen LogP contribution < -0.4 is 0 Å². The topological polar surface area (TPSA) is 38.1 Å². The minimum atomic E-state index is 0.119. The fourth-order valence-electron chi connectivity index (χ4n) is 2.68. The number of rotatable bonds is 3. The molecule has 0 aliphatic heterocycles. The average molecular weight is 289 g/mol. The van der Waals surface area contributed by atoms with Gasteiger partial charge >= 0.3 is 0 Å². The molecule has 1 aliphatic carbocycles. The summed E-state index contributed by atoms with van der Waals surface area (Å²) in [6.07, 6.45) is 8.53. The molecule has 0 saturated carbocycles. The first-order valence-corrected chi connectivity index (χ1v) is 7.79. The van der Waals surface area contributed by atoms with E-state index in [2.05, 4.69) is 11.2 Å². The van der Waals surface area contributed by atoms with Crippen LogP contribution in [0.3, 0.4) is 0 Å². The molecule has 0 radical (unpaired) electrons. The molecule has 0 saturated heterocycles. The maximum Gasteiger partial charge on any atom is 0.263 e. The second-order valence-corrected chi connectivity index (χ2v) is 6.59. The van der Waals surface area contributed by atoms with Crippen LogP contribution in [0.1, 0.15) is 38.5 Å². The van der Waals surface area contributed by atoms with Gasteiger partial charge in [0.1, 0.15) is 0 Å². The van der Waals surface area contributed by atoms with Crippen molar-refractivity contribution in [2.24, 2.45) is 7.05 Å². The van der Waals surface area contributed by atoms with Gasteiger partial charge in [0.15, 0.2) is 0 Å². The van der Waals surface area contributed by atoms with Crippen LogP contribution in [0.15, 0.2) is 18.5 Å². The van der Waals surface area contributed by atoms with Gasteiger partial charge in [-0.15, -0.1) is 11.3 Å². The Bertz CT molecular complexity index is 605. The Hall–Kier alpha value is -1.62. The van der Waals surface area contributed by atoms with Crippen LogP contribution in [0.4, 0.5) is 0 Å². The van der Waals surface area contributed by atoms with Crippen molar-refractivity contribution in [1.29, 1.82) is 0 Å². The summed E-state index contributed by atoms with van der Waals surface area (Å²) in [5.41, 5.74) is 2.45. The number of aryl methyl sites for hydroxylation is 3. The molecule has 0 aromatic carbocycles. The number of fused-ring (bicyclic) bond motifs is 1. The largest absolute Gasteiger partial charge is 0.337 e. The Morgan fingerprint density at radius 2 is 2.25 bits per heavy atom. The van der Waals surface area contributed by atoms with E-state index in [-0.39, 0.29) is 5.91 Å². The van der Waals surface area contributed by atoms with E-state index in [1.807, 2.05) is 26.5 Å². The molecule has 2 aromatic heterocycles. The number of carbonyl (C=O) groups is 1. The van der Waals surface area contributed by atoms with Gasteiger partial charge in [-0.1, -0.05) is 0 Å². The van der Waals surface area contributed by atoms with Gasteiger partial charge in [-0.25, -0.2) is 0 Å². The Morgan fingerprint density at radius 1 is 1.45 bits per heavy atom. The predicted molar refractivity (Wildman–Crippen MR) is 80.0 cm³/mol. The molecule has 2 heterocycles. The summed E-state index contributed by atoms with van der Waals surface area (Å²) in [6.45, 7) is 0.606. The molecule has 0 spiro atoms. The number of hydrogen-bond donors (Lipinski definition) is 0. The van der Waals surface area contributed by atoms with Crippen LogP contribution in [0.2, 0.25) is 0 Å². The van der Waals surface area contributed by atoms with E-state index in [0.717, 1.165) is 23.3 Å². The molecule has 0 N–H and O–H groups in total. The van der Waals surface area contributed by atoms with Crippen molar-refractivity contribution < 1.29 is 4.79 Å². The van der Waals surface area contributed by atoms with Gasteiger partial charge < -0.3 is 4.90 Å². The normalized spacial score (nSPS) is 14.1. The van der Waals surface area contributed by atoms with E-state index in [1.54, 1.807) is 20.9 Å². The maximum atomic E-state index is 12.5. The van der Waals surface area contributed by atoms with Crippen LogP contribution in [-0.2, 0) is 26.4 Å². The minimum absolute atomic E-state index is 0.119. The van der Waals surface area contributed by atoms with E-state index in [1.165, 1.54) is 23.3 Å². The fraction of sp³-hybridized carbons (Fsp3) is 0.467. The molecular formula is C15H19N3OS. The molecule has 4 nitrogen and oxygen atoms in total. The first-order chi connectivity index (χ1) is 9.63. The van der Waals surface area contributed by atoms with Crippen LogP contribution in [0, 0.1) is 0 Å². The Morgan fingerprint density at radius 3 is 2.95 bits per heavy atom. The summed E-state index contributed by atoms with van der Waals surface area (Å²) in [7, 11) is 3.74. The van der Waals surface area contributed by atoms with Crippen LogP contribution >= 0.6 is 11.3 Å². The molecule has 106 valence electrons. The highest BCUT2D eigenvalue weighted by atomic mass is 32.1. The van der Waals surface area contributed by atoms with E-state index < -0.39 is 0 Å². The van der Waals surface area contributed by atoms with E-state index in [4.69, 9.17) is 0 Å². The molecule has 0 atom stereocenters. The third kappa shape index (κ3) is 2.63. The van der Waals surface area contributed by atoms with Gasteiger partial charge in [0, 0.05) is 37.3 Å². The van der Waals surface area contributed by atoms with Crippen molar-refractivity contribution in [2.45, 2.75) is 32.2 Å². The monoisotopic (exact) mass is 289 g/mol. The number of thiophene rings is 1. The Balaban J connectivity index is 1.73. The lowest BCUT2D eigenvalue weighted by Crippen LogP contribution is -2.25. The summed E-state index contributed by atoms with van der Waals surface area (Å²) in [4.78, 5) is 16.5. The second kappa shape index (κ2) is 5.40. The first-order valence-electron chi connectivity index (χ1n) is 6.98. The van der Waals surface area contributed by atoms with Crippen molar-refractivity contribution in [3.05, 3.63) is 39.3 Å². The maximum absolute atomic E-state index is 12.5. The summed E-state index contributed by atoms with van der Waals surface area (Å²) in [6, 6.07) is 2.10. The molecule has 1 aliphatic rings. The lowest BCUT2D eigenvalue weighted by molar-refractivity contribution is 0.0790. The third-order valence-corrected chi connectivity index (χ3v) is 4.96. The number of carbonyl (C=O) groups excluding carboxylic acids is 1. The standard InChI is InChI=1S/C15H19N3OS/c1-17(9-11-8-16-18(2)10-11)15(19)14-7-12-5-3-4-6-13(12)20-14/h7-8,10H,3-6,9H2,1-2H3. The average Bonchev–Trinajstić information content (AvgIpc) is 3.03. The van der Waals surface area contributed by atoms with Gasteiger partial charge in [-0.05, 0) is 37.3 Å². The molecule has 5 heteroatoms. The van der Waals surface area contributed by atoms with Crippen molar-refractivity contribution >= 4 is 17.2 Å². The van der Waals surface area contributed by atoms with Crippen molar-refractivity contribution in [2.75, 3.05) is 7.05 Å². The summed E-state index contributed by atoms with van der Waals surface area (Å²) in [5, 5.41) is 4.14. The van der Waals surface area contributed by atoms with E-state index in [9.17, 15) is 4.79 Å². The minimum Gasteiger partial charge on any atom is -0.337 e. The highest BCUT2D eigenvalue weighted by Crippen LogP contribution is 2.30. The summed E-state index contributed by atoms with van der Waals surface area (Å²) >= 11 is 1.68. The number of hydrogen-bond acceptors (Lipinski definition) is 3. The fourth-order valence-corrected chi connectivity index (χ4v) is 3.93. The highest BCUT2D eigenvalue weighted by Gasteiger charge is 2.19. The molecule has 0 bridgehead atoms. The molecule has 0 unspecified atom stereocenters. The number of amides is 1. The predicted octanol–water partition coefficient (Wildman–Crippen LogP) is 2.63. The zero-order chi connectivity index (χ0) is 14.1. The van der Waals surface area contributed by atoms with Crippen LogP contribution in [-0.4, -0.2) is 27.6 Å². The van der Waals surface area contributed by atoms with Gasteiger partial charge in [0.2, 0.25) is 0 Å². The Kier molecular flexibility index (Phi) is 3.61. The van der Waals surface area contributed by atoms with Crippen LogP contribution in [0.5, 0.6) is 0 Å². The highest BCUT2D eigenvalue weighted by molar-refractivity contribution is 7.14. The second-order valence-electron chi connectivity index (χ2n) is 5.45. The van der Waals surface area contributed by atoms with Crippen molar-refractivity contribution in [3.8, 4) is 0 Å². The molecule has 0 fully saturated rings. The lowest BCUT2D eigenvalue weighted by atomic mass is 9.99. The molecule has 20 heavy (non-hydrogen) atoms. The lowest BCUT2D eigenvalue weighted by Gasteiger charge is -2.14. The molecule has 2 aromatic rings. The third-order valence-electron chi connectivity index (χ3n) is 3.73. The van der Waals surface area contributed by atoms with Gasteiger partial charge in [-0.2, -0.15) is 5.10 Å². The van der Waals surface area contributed by atoms with E-state index in [0.29, 0.717) is 6.54 Å². The van der Waals surface area contributed by atoms with E-state index >= 15 is 0 Å². The Labute approximate surface area is 123 Å². The molecule has 1 amide bonds. The van der Waals surface area contributed by atoms with Crippen molar-refractivity contribution in [3.63, 3.8) is 0 Å². The number of aromatic nitrogens is 2. The summed E-state index contributed by atoms with van der Waals surface area (Å²) in [5.74, 6) is 0.119. The summed E-state index contributed by atoms with van der Waals surface area (Å²) < 4.78 is 1.76. The zero-order valence-corrected chi connectivity index (χ0v) is 12.7. The quantitative estimate of drug-likeness (QED) is 0.871.